The Bertz CT molecular complexity index is 404. The Hall–Kier alpha value is -2.15. The van der Waals surface area contributed by atoms with E-state index in [2.05, 4.69) is 5.32 Å². The van der Waals surface area contributed by atoms with Crippen LogP contribution >= 0.6 is 0 Å². The molecule has 1 aromatic carbocycles. The van der Waals surface area contributed by atoms with E-state index in [0.29, 0.717) is 5.69 Å². The van der Waals surface area contributed by atoms with Crippen molar-refractivity contribution < 1.29 is 19.6 Å². The monoisotopic (exact) mass is 240 g/mol. The second-order valence-corrected chi connectivity index (χ2v) is 3.25. The number of hydrogen-bond acceptors (Lipinski definition) is 5. The summed E-state index contributed by atoms with van der Waals surface area (Å²) in [6.45, 7) is 0.0869. The Morgan fingerprint density at radius 2 is 2.12 bits per heavy atom. The van der Waals surface area contributed by atoms with Gasteiger partial charge in [0.15, 0.2) is 6.10 Å². The smallest absolute Gasteiger partial charge is 0.334 e. The van der Waals surface area contributed by atoms with E-state index in [4.69, 9.17) is 9.84 Å². The van der Waals surface area contributed by atoms with Crippen LogP contribution in [0.5, 0.6) is 0 Å². The van der Waals surface area contributed by atoms with Crippen LogP contribution in [0.4, 0.5) is 11.4 Å². The van der Waals surface area contributed by atoms with Gasteiger partial charge in [-0.1, -0.05) is 0 Å². The molecule has 0 amide bonds. The predicted molar refractivity (Wildman–Crippen MR) is 60.0 cm³/mol. The highest BCUT2D eigenvalue weighted by Gasteiger charge is 2.15. The van der Waals surface area contributed by atoms with Gasteiger partial charge in [-0.3, -0.25) is 10.1 Å². The van der Waals surface area contributed by atoms with Crippen molar-refractivity contribution in [2.75, 3.05) is 19.0 Å². The number of nitro benzene ring substituents is 1. The van der Waals surface area contributed by atoms with Crippen LogP contribution in [-0.2, 0) is 9.53 Å². The number of nitrogens with zero attached hydrogens (tertiary/aromatic N) is 1. The first-order valence-electron chi connectivity index (χ1n) is 4.78. The molecule has 7 heteroatoms. The van der Waals surface area contributed by atoms with Crippen LogP contribution in [0.15, 0.2) is 24.3 Å². The molecule has 0 saturated carbocycles. The molecule has 1 rings (SSSR count). The van der Waals surface area contributed by atoms with Crippen LogP contribution in [0.1, 0.15) is 0 Å². The second kappa shape index (κ2) is 5.80. The van der Waals surface area contributed by atoms with Crippen molar-refractivity contribution in [2.45, 2.75) is 6.10 Å². The number of nitro groups is 1. The summed E-state index contributed by atoms with van der Waals surface area (Å²) in [6.07, 6.45) is -0.954. The molecule has 7 nitrogen and oxygen atoms in total. The number of rotatable bonds is 6. The Morgan fingerprint density at radius 3 is 2.53 bits per heavy atom. The number of aliphatic carboxylic acids is 1. The molecule has 0 heterocycles. The highest BCUT2D eigenvalue weighted by Crippen LogP contribution is 2.15. The van der Waals surface area contributed by atoms with Gasteiger partial charge in [-0.25, -0.2) is 4.79 Å². The summed E-state index contributed by atoms with van der Waals surface area (Å²) < 4.78 is 4.73. The first-order chi connectivity index (χ1) is 8.04. The van der Waals surface area contributed by atoms with E-state index < -0.39 is 17.0 Å². The molecule has 0 aliphatic heterocycles. The zero-order valence-electron chi connectivity index (χ0n) is 9.12. The van der Waals surface area contributed by atoms with Crippen LogP contribution in [-0.4, -0.2) is 35.8 Å². The van der Waals surface area contributed by atoms with Gasteiger partial charge in [-0.15, -0.1) is 0 Å². The molecular weight excluding hydrogens is 228 g/mol. The molecule has 0 aliphatic rings. The molecule has 0 bridgehead atoms. The summed E-state index contributed by atoms with van der Waals surface area (Å²) in [7, 11) is 1.30. The number of hydrogen-bond donors (Lipinski definition) is 2. The third kappa shape index (κ3) is 3.72. The van der Waals surface area contributed by atoms with Gasteiger partial charge in [0, 0.05) is 24.9 Å². The largest absolute Gasteiger partial charge is 0.479 e. The third-order valence-corrected chi connectivity index (χ3v) is 2.13. The van der Waals surface area contributed by atoms with Crippen molar-refractivity contribution in [1.29, 1.82) is 0 Å². The lowest BCUT2D eigenvalue weighted by Crippen LogP contribution is -2.30. The molecule has 0 saturated heterocycles. The zero-order chi connectivity index (χ0) is 12.8. The van der Waals surface area contributed by atoms with Gasteiger partial charge in [0.1, 0.15) is 0 Å². The molecular formula is C10H12N2O5. The van der Waals surface area contributed by atoms with E-state index >= 15 is 0 Å². The molecule has 1 aromatic rings. The van der Waals surface area contributed by atoms with Gasteiger partial charge in [-0.05, 0) is 12.1 Å². The van der Waals surface area contributed by atoms with Crippen molar-refractivity contribution in [3.05, 3.63) is 34.4 Å². The Labute approximate surface area is 97.2 Å². The molecule has 17 heavy (non-hydrogen) atoms. The molecule has 92 valence electrons. The highest BCUT2D eigenvalue weighted by atomic mass is 16.6. The zero-order valence-corrected chi connectivity index (χ0v) is 9.12. The van der Waals surface area contributed by atoms with E-state index in [1.807, 2.05) is 0 Å². The SMILES string of the molecule is COC(CNc1ccc([N+](=O)[O-])cc1)C(=O)O. The molecule has 1 atom stereocenters. The molecule has 1 unspecified atom stereocenters. The summed E-state index contributed by atoms with van der Waals surface area (Å²) in [5, 5.41) is 21.9. The average Bonchev–Trinajstić information content (AvgIpc) is 2.30. The lowest BCUT2D eigenvalue weighted by molar-refractivity contribution is -0.384. The van der Waals surface area contributed by atoms with Gasteiger partial charge in [0.05, 0.1) is 11.5 Å². The fourth-order valence-electron chi connectivity index (χ4n) is 1.18. The van der Waals surface area contributed by atoms with Gasteiger partial charge in [0.25, 0.3) is 5.69 Å². The summed E-state index contributed by atoms with van der Waals surface area (Å²) >= 11 is 0. The number of methoxy groups -OCH3 is 1. The first-order valence-corrected chi connectivity index (χ1v) is 4.78. The first kappa shape index (κ1) is 12.9. The van der Waals surface area contributed by atoms with E-state index in [-0.39, 0.29) is 12.2 Å². The number of non-ortho nitro benzene ring substituents is 1. The lowest BCUT2D eigenvalue weighted by atomic mass is 10.2. The molecule has 0 aromatic heterocycles. The van der Waals surface area contributed by atoms with Crippen LogP contribution in [0.3, 0.4) is 0 Å². The van der Waals surface area contributed by atoms with Crippen LogP contribution in [0.2, 0.25) is 0 Å². The maximum absolute atomic E-state index is 10.6. The van der Waals surface area contributed by atoms with E-state index in [1.165, 1.54) is 31.4 Å². The van der Waals surface area contributed by atoms with Crippen LogP contribution in [0, 0.1) is 10.1 Å². The average molecular weight is 240 g/mol. The Morgan fingerprint density at radius 1 is 1.53 bits per heavy atom. The predicted octanol–water partition coefficient (Wildman–Crippen LogP) is 1.11. The minimum absolute atomic E-state index is 0.0166. The lowest BCUT2D eigenvalue weighted by Gasteiger charge is -2.12. The van der Waals surface area contributed by atoms with Gasteiger partial charge >= 0.3 is 5.97 Å². The summed E-state index contributed by atoms with van der Waals surface area (Å²) in [5.41, 5.74) is 0.580. The molecule has 0 spiro atoms. The highest BCUT2D eigenvalue weighted by molar-refractivity contribution is 5.73. The van der Waals surface area contributed by atoms with Crippen molar-refractivity contribution in [2.24, 2.45) is 0 Å². The van der Waals surface area contributed by atoms with Crippen LogP contribution < -0.4 is 5.32 Å². The molecule has 0 aliphatic carbocycles. The second-order valence-electron chi connectivity index (χ2n) is 3.25. The number of nitrogens with one attached hydrogen (secondary N) is 1. The Balaban J connectivity index is 2.58. The van der Waals surface area contributed by atoms with E-state index in [1.54, 1.807) is 0 Å². The van der Waals surface area contributed by atoms with Crippen molar-refractivity contribution in [1.82, 2.24) is 0 Å². The fraction of sp³-hybridized carbons (Fsp3) is 0.300. The standard InChI is InChI=1S/C10H12N2O5/c1-17-9(10(13)14)6-11-7-2-4-8(5-3-7)12(15)16/h2-5,9,11H,6H2,1H3,(H,13,14). The van der Waals surface area contributed by atoms with Crippen molar-refractivity contribution in [3.63, 3.8) is 0 Å². The number of benzene rings is 1. The van der Waals surface area contributed by atoms with E-state index in [9.17, 15) is 14.9 Å². The molecule has 2 N–H and O–H groups in total. The van der Waals surface area contributed by atoms with Crippen molar-refractivity contribution in [3.8, 4) is 0 Å². The number of carbonyl (C=O) groups is 1. The minimum atomic E-state index is -1.07. The molecule has 0 radical (unpaired) electrons. The molecule has 0 fully saturated rings. The summed E-state index contributed by atoms with van der Waals surface area (Å²) in [4.78, 5) is 20.5. The van der Waals surface area contributed by atoms with E-state index in [0.717, 1.165) is 0 Å². The summed E-state index contributed by atoms with van der Waals surface area (Å²) in [5.74, 6) is -1.07. The number of ether oxygens (including phenoxy) is 1. The van der Waals surface area contributed by atoms with Crippen molar-refractivity contribution >= 4 is 17.3 Å². The fourth-order valence-corrected chi connectivity index (χ4v) is 1.18. The number of carboxylic acid groups (broad SMARTS) is 1. The topological polar surface area (TPSA) is 102 Å². The minimum Gasteiger partial charge on any atom is -0.479 e. The summed E-state index contributed by atoms with van der Waals surface area (Å²) in [6, 6.07) is 5.69. The maximum Gasteiger partial charge on any atom is 0.334 e. The van der Waals surface area contributed by atoms with Crippen LogP contribution in [0.25, 0.3) is 0 Å². The normalized spacial score (nSPS) is 11.8. The number of anilines is 1. The van der Waals surface area contributed by atoms with Gasteiger partial charge in [-0.2, -0.15) is 0 Å². The Kier molecular flexibility index (Phi) is 4.41. The number of carboxylic acids is 1. The van der Waals surface area contributed by atoms with Gasteiger partial charge in [0.2, 0.25) is 0 Å². The maximum atomic E-state index is 10.6. The third-order valence-electron chi connectivity index (χ3n) is 2.13. The van der Waals surface area contributed by atoms with Gasteiger partial charge < -0.3 is 15.2 Å². The quantitative estimate of drug-likeness (QED) is 0.570.